The third-order valence-electron chi connectivity index (χ3n) is 3.69. The van der Waals surface area contributed by atoms with Gasteiger partial charge in [0.1, 0.15) is 5.69 Å². The van der Waals surface area contributed by atoms with E-state index >= 15 is 0 Å². The highest BCUT2D eigenvalue weighted by Crippen LogP contribution is 2.27. The molecule has 1 N–H and O–H groups in total. The van der Waals surface area contributed by atoms with Crippen LogP contribution in [0.15, 0.2) is 57.5 Å². The third kappa shape index (κ3) is 3.16. The molecule has 24 heavy (non-hydrogen) atoms. The van der Waals surface area contributed by atoms with Gasteiger partial charge >= 0.3 is 0 Å². The lowest BCUT2D eigenvalue weighted by Crippen LogP contribution is -2.13. The van der Waals surface area contributed by atoms with Gasteiger partial charge in [-0.05, 0) is 50.6 Å². The maximum absolute atomic E-state index is 12.6. The average molecular weight is 341 g/mol. The van der Waals surface area contributed by atoms with Crippen molar-refractivity contribution in [2.24, 2.45) is 10.2 Å². The molecule has 0 aliphatic rings. The average Bonchev–Trinajstić information content (AvgIpc) is 2.82. The van der Waals surface area contributed by atoms with Gasteiger partial charge in [-0.25, -0.2) is 4.68 Å². The minimum Gasteiger partial charge on any atom is -0.293 e. The number of nitrogens with one attached hydrogen (secondary N) is 1. The number of halogens is 1. The number of rotatable bonds is 3. The molecule has 122 valence electrons. The summed E-state index contributed by atoms with van der Waals surface area (Å²) in [5.41, 5.74) is 4.12. The number of hydrogen-bond donors (Lipinski definition) is 1. The molecule has 0 saturated carbocycles. The van der Waals surface area contributed by atoms with Crippen LogP contribution in [-0.4, -0.2) is 9.78 Å². The predicted molar refractivity (Wildman–Crippen MR) is 96.2 cm³/mol. The Morgan fingerprint density at radius 3 is 2.29 bits per heavy atom. The molecule has 0 amide bonds. The van der Waals surface area contributed by atoms with Crippen LogP contribution < -0.4 is 5.56 Å². The number of aromatic nitrogens is 2. The third-order valence-corrected chi connectivity index (χ3v) is 4.00. The summed E-state index contributed by atoms with van der Waals surface area (Å²) in [5, 5.41) is 11.8. The van der Waals surface area contributed by atoms with Crippen molar-refractivity contribution in [3.05, 3.63) is 74.7 Å². The molecule has 0 fully saturated rings. The first-order valence-electron chi connectivity index (χ1n) is 7.52. The summed E-state index contributed by atoms with van der Waals surface area (Å²) in [6.07, 6.45) is 0. The van der Waals surface area contributed by atoms with Crippen molar-refractivity contribution in [2.75, 3.05) is 0 Å². The van der Waals surface area contributed by atoms with Gasteiger partial charge in [-0.1, -0.05) is 35.4 Å². The Morgan fingerprint density at radius 2 is 1.62 bits per heavy atom. The Hall–Kier alpha value is -2.66. The summed E-state index contributed by atoms with van der Waals surface area (Å²) in [5.74, 6) is 0. The molecule has 2 aromatic carbocycles. The smallest absolute Gasteiger partial charge is 0.293 e. The maximum atomic E-state index is 12.6. The fourth-order valence-corrected chi connectivity index (χ4v) is 2.60. The minimum atomic E-state index is -0.247. The van der Waals surface area contributed by atoms with Gasteiger partial charge in [0.25, 0.3) is 5.56 Å². The van der Waals surface area contributed by atoms with Crippen LogP contribution in [0.4, 0.5) is 11.4 Å². The van der Waals surface area contributed by atoms with Gasteiger partial charge in [-0.15, -0.1) is 10.2 Å². The number of benzene rings is 2. The lowest BCUT2D eigenvalue weighted by atomic mass is 10.2. The van der Waals surface area contributed by atoms with Crippen molar-refractivity contribution in [3.63, 3.8) is 0 Å². The summed E-state index contributed by atoms with van der Waals surface area (Å²) in [6, 6.07) is 13.1. The van der Waals surface area contributed by atoms with Gasteiger partial charge in [-0.2, -0.15) is 0 Å². The monoisotopic (exact) mass is 340 g/mol. The van der Waals surface area contributed by atoms with Crippen molar-refractivity contribution in [1.29, 1.82) is 0 Å². The van der Waals surface area contributed by atoms with E-state index in [-0.39, 0.29) is 11.2 Å². The molecule has 0 radical (unpaired) electrons. The van der Waals surface area contributed by atoms with Crippen molar-refractivity contribution in [1.82, 2.24) is 9.78 Å². The number of H-pyrrole nitrogens is 1. The zero-order valence-corrected chi connectivity index (χ0v) is 14.4. The van der Waals surface area contributed by atoms with Crippen molar-refractivity contribution >= 4 is 23.0 Å². The van der Waals surface area contributed by atoms with Crippen LogP contribution in [0.5, 0.6) is 0 Å². The second-order valence-corrected chi connectivity index (χ2v) is 6.12. The normalized spacial score (nSPS) is 11.3. The van der Waals surface area contributed by atoms with Crippen LogP contribution >= 0.6 is 11.6 Å². The van der Waals surface area contributed by atoms with E-state index in [0.717, 1.165) is 16.8 Å². The van der Waals surface area contributed by atoms with E-state index in [4.69, 9.17) is 11.6 Å². The lowest BCUT2D eigenvalue weighted by molar-refractivity contribution is 0.835. The molecule has 0 bridgehead atoms. The van der Waals surface area contributed by atoms with E-state index in [0.29, 0.717) is 16.4 Å². The van der Waals surface area contributed by atoms with Crippen LogP contribution in [0.2, 0.25) is 5.02 Å². The van der Waals surface area contributed by atoms with E-state index in [2.05, 4.69) is 15.3 Å². The summed E-state index contributed by atoms with van der Waals surface area (Å²) in [6.45, 7) is 5.73. The van der Waals surface area contributed by atoms with Gasteiger partial charge in [0.05, 0.1) is 16.4 Å². The number of aryl methyl sites for hydroxylation is 3. The molecule has 3 aromatic rings. The molecular weight excluding hydrogens is 324 g/mol. The molecule has 0 saturated heterocycles. The zero-order valence-electron chi connectivity index (χ0n) is 13.7. The Balaban J connectivity index is 1.99. The maximum Gasteiger partial charge on any atom is 0.299 e. The molecule has 0 aliphatic heterocycles. The summed E-state index contributed by atoms with van der Waals surface area (Å²) < 4.78 is 1.46. The van der Waals surface area contributed by atoms with Gasteiger partial charge in [-0.3, -0.25) is 9.89 Å². The van der Waals surface area contributed by atoms with Crippen LogP contribution in [0.25, 0.3) is 5.69 Å². The van der Waals surface area contributed by atoms with Crippen LogP contribution in [-0.2, 0) is 0 Å². The van der Waals surface area contributed by atoms with E-state index < -0.39 is 0 Å². The van der Waals surface area contributed by atoms with Crippen LogP contribution in [0, 0.1) is 20.8 Å². The lowest BCUT2D eigenvalue weighted by Gasteiger charge is -2.01. The molecule has 6 heteroatoms. The second-order valence-electron chi connectivity index (χ2n) is 5.72. The van der Waals surface area contributed by atoms with Gasteiger partial charge in [0, 0.05) is 0 Å². The highest BCUT2D eigenvalue weighted by atomic mass is 35.5. The Kier molecular flexibility index (Phi) is 4.36. The van der Waals surface area contributed by atoms with Crippen molar-refractivity contribution in [2.45, 2.75) is 20.8 Å². The van der Waals surface area contributed by atoms with E-state index in [1.165, 1.54) is 4.68 Å². The number of hydrogen-bond acceptors (Lipinski definition) is 3. The molecule has 1 aromatic heterocycles. The first-order valence-corrected chi connectivity index (χ1v) is 7.90. The minimum absolute atomic E-state index is 0.247. The summed E-state index contributed by atoms with van der Waals surface area (Å²) in [7, 11) is 0. The van der Waals surface area contributed by atoms with E-state index in [1.807, 2.05) is 50.2 Å². The fraction of sp³-hybridized carbons (Fsp3) is 0.167. The van der Waals surface area contributed by atoms with Crippen LogP contribution in [0.3, 0.4) is 0 Å². The number of aromatic amines is 1. The molecule has 0 unspecified atom stereocenters. The molecule has 0 atom stereocenters. The van der Waals surface area contributed by atoms with Gasteiger partial charge in [0.2, 0.25) is 0 Å². The molecule has 5 nitrogen and oxygen atoms in total. The van der Waals surface area contributed by atoms with Gasteiger partial charge in [0.15, 0.2) is 5.69 Å². The predicted octanol–water partition coefficient (Wildman–Crippen LogP) is 5.16. The Labute approximate surface area is 144 Å². The SMILES string of the molecule is Cc1ccc(-n2[nH]c(C)c(N=Nc3ccc(C)cc3Cl)c2=O)cc1. The topological polar surface area (TPSA) is 62.5 Å². The molecular formula is C18H17ClN4O. The number of nitrogens with zero attached hydrogens (tertiary/aromatic N) is 3. The van der Waals surface area contributed by atoms with Crippen molar-refractivity contribution in [3.8, 4) is 5.69 Å². The van der Waals surface area contributed by atoms with Crippen LogP contribution in [0.1, 0.15) is 16.8 Å². The summed E-state index contributed by atoms with van der Waals surface area (Å²) >= 11 is 6.15. The van der Waals surface area contributed by atoms with Crippen molar-refractivity contribution < 1.29 is 0 Å². The standard InChI is InChI=1S/C18H17ClN4O/c1-11-4-7-14(8-5-11)23-18(24)17(13(3)22-23)21-20-16-9-6-12(2)10-15(16)19/h4-10,22H,1-3H3. The first-order chi connectivity index (χ1) is 11.5. The first kappa shape index (κ1) is 16.2. The fourth-order valence-electron chi connectivity index (χ4n) is 2.33. The van der Waals surface area contributed by atoms with E-state index in [9.17, 15) is 4.79 Å². The Bertz CT molecular complexity index is 968. The van der Waals surface area contributed by atoms with Gasteiger partial charge < -0.3 is 0 Å². The molecule has 1 heterocycles. The quantitative estimate of drug-likeness (QED) is 0.657. The molecule has 3 rings (SSSR count). The highest BCUT2D eigenvalue weighted by Gasteiger charge is 2.12. The Morgan fingerprint density at radius 1 is 0.958 bits per heavy atom. The van der Waals surface area contributed by atoms with E-state index in [1.54, 1.807) is 13.0 Å². The zero-order chi connectivity index (χ0) is 17.3. The second kappa shape index (κ2) is 6.45. The molecule has 0 aliphatic carbocycles. The highest BCUT2D eigenvalue weighted by molar-refractivity contribution is 6.33. The molecule has 0 spiro atoms. The number of azo groups is 1. The largest absolute Gasteiger partial charge is 0.299 e. The summed E-state index contributed by atoms with van der Waals surface area (Å²) in [4.78, 5) is 12.6.